The Bertz CT molecular complexity index is 977. The molecule has 0 aliphatic carbocycles. The number of nitrogens with zero attached hydrogens (tertiary/aromatic N) is 1. The van der Waals surface area contributed by atoms with Crippen LogP contribution in [0.25, 0.3) is 10.9 Å². The lowest BCUT2D eigenvalue weighted by molar-refractivity contribution is 0.0699. The SMILES string of the molecule is O=C(O)c1cn(S(=O)(=O)c2ccccc2)c2cc(Cl)ccc12. The van der Waals surface area contributed by atoms with Crippen LogP contribution in [-0.2, 0) is 10.0 Å². The summed E-state index contributed by atoms with van der Waals surface area (Å²) in [6, 6.07) is 12.3. The fourth-order valence-electron chi connectivity index (χ4n) is 2.25. The second kappa shape index (κ2) is 5.15. The van der Waals surface area contributed by atoms with Crippen LogP contribution in [0.4, 0.5) is 0 Å². The molecule has 0 radical (unpaired) electrons. The molecule has 1 N–H and O–H groups in total. The summed E-state index contributed by atoms with van der Waals surface area (Å²) in [6.07, 6.45) is 1.10. The van der Waals surface area contributed by atoms with Gasteiger partial charge in [0.15, 0.2) is 0 Å². The normalized spacial score (nSPS) is 11.7. The highest BCUT2D eigenvalue weighted by atomic mass is 35.5. The van der Waals surface area contributed by atoms with Crippen LogP contribution in [0.3, 0.4) is 0 Å². The van der Waals surface area contributed by atoms with E-state index in [1.807, 2.05) is 0 Å². The van der Waals surface area contributed by atoms with Crippen LogP contribution in [0.2, 0.25) is 5.02 Å². The molecule has 0 aliphatic rings. The fraction of sp³-hybridized carbons (Fsp3) is 0. The Balaban J connectivity index is 2.36. The Morgan fingerprint density at radius 3 is 2.41 bits per heavy atom. The van der Waals surface area contributed by atoms with Gasteiger partial charge < -0.3 is 5.11 Å². The van der Waals surface area contributed by atoms with E-state index in [9.17, 15) is 18.3 Å². The van der Waals surface area contributed by atoms with Crippen molar-refractivity contribution in [2.24, 2.45) is 0 Å². The summed E-state index contributed by atoms with van der Waals surface area (Å²) in [7, 11) is -3.90. The van der Waals surface area contributed by atoms with Crippen molar-refractivity contribution in [2.45, 2.75) is 4.90 Å². The molecule has 0 spiro atoms. The zero-order chi connectivity index (χ0) is 15.9. The maximum atomic E-state index is 12.7. The number of carbonyl (C=O) groups is 1. The number of aromatic nitrogens is 1. The van der Waals surface area contributed by atoms with Gasteiger partial charge in [-0.3, -0.25) is 0 Å². The Morgan fingerprint density at radius 1 is 1.09 bits per heavy atom. The highest BCUT2D eigenvalue weighted by molar-refractivity contribution is 7.90. The number of aromatic carboxylic acids is 1. The summed E-state index contributed by atoms with van der Waals surface area (Å²) in [4.78, 5) is 11.4. The van der Waals surface area contributed by atoms with E-state index in [4.69, 9.17) is 11.6 Å². The second-order valence-corrected chi connectivity index (χ2v) is 6.87. The predicted octanol–water partition coefficient (Wildman–Crippen LogP) is 3.23. The van der Waals surface area contributed by atoms with Gasteiger partial charge in [-0.25, -0.2) is 17.2 Å². The van der Waals surface area contributed by atoms with E-state index < -0.39 is 16.0 Å². The van der Waals surface area contributed by atoms with E-state index >= 15 is 0 Å². The Labute approximate surface area is 131 Å². The van der Waals surface area contributed by atoms with Gasteiger partial charge in [-0.05, 0) is 24.3 Å². The lowest BCUT2D eigenvalue weighted by Gasteiger charge is -2.07. The zero-order valence-electron chi connectivity index (χ0n) is 11.1. The summed E-state index contributed by atoms with van der Waals surface area (Å²) in [6.45, 7) is 0. The van der Waals surface area contributed by atoms with Crippen molar-refractivity contribution in [3.05, 3.63) is 65.3 Å². The van der Waals surface area contributed by atoms with Gasteiger partial charge in [-0.2, -0.15) is 0 Å². The molecule has 0 atom stereocenters. The predicted molar refractivity (Wildman–Crippen MR) is 82.9 cm³/mol. The lowest BCUT2D eigenvalue weighted by Crippen LogP contribution is -2.11. The summed E-state index contributed by atoms with van der Waals surface area (Å²) in [5.41, 5.74) is 0.139. The van der Waals surface area contributed by atoms with Crippen LogP contribution in [0.5, 0.6) is 0 Å². The van der Waals surface area contributed by atoms with Gasteiger partial charge in [0.2, 0.25) is 0 Å². The highest BCUT2D eigenvalue weighted by Crippen LogP contribution is 2.28. The average Bonchev–Trinajstić information content (AvgIpc) is 2.87. The molecule has 3 aromatic rings. The number of carboxylic acid groups (broad SMARTS) is 1. The van der Waals surface area contributed by atoms with Crippen LogP contribution >= 0.6 is 11.6 Å². The molecule has 0 unspecified atom stereocenters. The van der Waals surface area contributed by atoms with Crippen molar-refractivity contribution >= 4 is 38.5 Å². The molecular formula is C15H10ClNO4S. The summed E-state index contributed by atoms with van der Waals surface area (Å²) >= 11 is 5.92. The maximum Gasteiger partial charge on any atom is 0.337 e. The summed E-state index contributed by atoms with van der Waals surface area (Å²) in [5.74, 6) is -1.20. The molecule has 0 bridgehead atoms. The molecule has 7 heteroatoms. The topological polar surface area (TPSA) is 76.4 Å². The number of carboxylic acids is 1. The molecule has 2 aromatic carbocycles. The maximum absolute atomic E-state index is 12.7. The first-order chi connectivity index (χ1) is 10.4. The molecular weight excluding hydrogens is 326 g/mol. The van der Waals surface area contributed by atoms with Crippen molar-refractivity contribution in [3.63, 3.8) is 0 Å². The largest absolute Gasteiger partial charge is 0.478 e. The third-order valence-electron chi connectivity index (χ3n) is 3.26. The minimum absolute atomic E-state index is 0.0730. The van der Waals surface area contributed by atoms with E-state index in [0.29, 0.717) is 10.4 Å². The van der Waals surface area contributed by atoms with Gasteiger partial charge in [-0.1, -0.05) is 35.9 Å². The Hall–Kier alpha value is -2.31. The molecule has 112 valence electrons. The van der Waals surface area contributed by atoms with Crippen molar-refractivity contribution < 1.29 is 18.3 Å². The van der Waals surface area contributed by atoms with Gasteiger partial charge in [0.25, 0.3) is 10.0 Å². The van der Waals surface area contributed by atoms with E-state index in [1.165, 1.54) is 30.3 Å². The van der Waals surface area contributed by atoms with Crippen molar-refractivity contribution in [3.8, 4) is 0 Å². The molecule has 22 heavy (non-hydrogen) atoms. The third kappa shape index (κ3) is 2.26. The monoisotopic (exact) mass is 335 g/mol. The molecule has 1 heterocycles. The smallest absolute Gasteiger partial charge is 0.337 e. The van der Waals surface area contributed by atoms with Gasteiger partial charge in [-0.15, -0.1) is 0 Å². The third-order valence-corrected chi connectivity index (χ3v) is 5.19. The molecule has 0 aliphatic heterocycles. The molecule has 0 saturated heterocycles. The van der Waals surface area contributed by atoms with E-state index in [-0.39, 0.29) is 16.0 Å². The van der Waals surface area contributed by atoms with Gasteiger partial charge in [0.05, 0.1) is 16.0 Å². The number of benzene rings is 2. The Kier molecular flexibility index (Phi) is 3.42. The minimum atomic E-state index is -3.90. The van der Waals surface area contributed by atoms with Crippen LogP contribution in [0.15, 0.2) is 59.6 Å². The standard InChI is InChI=1S/C15H10ClNO4S/c16-10-6-7-12-13(15(18)19)9-17(14(12)8-10)22(20,21)11-4-2-1-3-5-11/h1-9H,(H,18,19). The second-order valence-electron chi connectivity index (χ2n) is 4.62. The number of hydrogen-bond acceptors (Lipinski definition) is 3. The number of hydrogen-bond donors (Lipinski definition) is 1. The van der Waals surface area contributed by atoms with E-state index in [2.05, 4.69) is 0 Å². The number of fused-ring (bicyclic) bond motifs is 1. The molecule has 0 amide bonds. The first-order valence-corrected chi connectivity index (χ1v) is 8.07. The van der Waals surface area contributed by atoms with Crippen LogP contribution < -0.4 is 0 Å². The number of rotatable bonds is 3. The van der Waals surface area contributed by atoms with Crippen LogP contribution in [-0.4, -0.2) is 23.5 Å². The summed E-state index contributed by atoms with van der Waals surface area (Å²) in [5, 5.41) is 9.90. The van der Waals surface area contributed by atoms with Crippen molar-refractivity contribution in [1.82, 2.24) is 3.97 Å². The molecule has 3 rings (SSSR count). The van der Waals surface area contributed by atoms with Crippen molar-refractivity contribution in [2.75, 3.05) is 0 Å². The molecule has 1 aromatic heterocycles. The minimum Gasteiger partial charge on any atom is -0.478 e. The van der Waals surface area contributed by atoms with Crippen molar-refractivity contribution in [1.29, 1.82) is 0 Å². The lowest BCUT2D eigenvalue weighted by atomic mass is 10.2. The molecule has 5 nitrogen and oxygen atoms in total. The quantitative estimate of drug-likeness (QED) is 0.797. The first kappa shape index (κ1) is 14.6. The number of halogens is 1. The Morgan fingerprint density at radius 2 is 1.77 bits per heavy atom. The fourth-order valence-corrected chi connectivity index (χ4v) is 3.80. The van der Waals surface area contributed by atoms with Gasteiger partial charge in [0.1, 0.15) is 0 Å². The van der Waals surface area contributed by atoms with Gasteiger partial charge >= 0.3 is 5.97 Å². The van der Waals surface area contributed by atoms with Crippen LogP contribution in [0.1, 0.15) is 10.4 Å². The van der Waals surface area contributed by atoms with Gasteiger partial charge in [0, 0.05) is 16.6 Å². The average molecular weight is 336 g/mol. The van der Waals surface area contributed by atoms with E-state index in [0.717, 1.165) is 10.2 Å². The molecule has 0 saturated carbocycles. The zero-order valence-corrected chi connectivity index (χ0v) is 12.7. The first-order valence-electron chi connectivity index (χ1n) is 6.26. The highest BCUT2D eigenvalue weighted by Gasteiger charge is 2.23. The van der Waals surface area contributed by atoms with E-state index in [1.54, 1.807) is 18.2 Å². The van der Waals surface area contributed by atoms with Crippen LogP contribution in [0, 0.1) is 0 Å². The summed E-state index contributed by atoms with van der Waals surface area (Å²) < 4.78 is 26.4. The molecule has 0 fully saturated rings.